The molecule has 0 saturated heterocycles. The second kappa shape index (κ2) is 4.13. The standard InChI is InChI=1S/C14H16FNO/c15-12-3-1-2-4-13(12)16-14(17)11-8-9-5-6-10(11)7-9/h1-4,9-11H,5-8H2,(H,16,17). The molecule has 2 aliphatic carbocycles. The lowest BCUT2D eigenvalue weighted by Crippen LogP contribution is -2.27. The summed E-state index contributed by atoms with van der Waals surface area (Å²) >= 11 is 0. The Labute approximate surface area is 100 Å². The van der Waals surface area contributed by atoms with Gasteiger partial charge < -0.3 is 5.32 Å². The molecule has 2 saturated carbocycles. The molecule has 3 rings (SSSR count). The number of hydrogen-bond donors (Lipinski definition) is 1. The van der Waals surface area contributed by atoms with E-state index in [0.717, 1.165) is 12.3 Å². The highest BCUT2D eigenvalue weighted by Crippen LogP contribution is 2.48. The van der Waals surface area contributed by atoms with Crippen molar-refractivity contribution >= 4 is 11.6 Å². The summed E-state index contributed by atoms with van der Waals surface area (Å²) < 4.78 is 13.4. The van der Waals surface area contributed by atoms with Gasteiger partial charge in [-0.1, -0.05) is 18.6 Å². The Morgan fingerprint density at radius 2 is 2.06 bits per heavy atom. The summed E-state index contributed by atoms with van der Waals surface area (Å²) in [5, 5.41) is 2.72. The van der Waals surface area contributed by atoms with Crippen molar-refractivity contribution in [3.05, 3.63) is 30.1 Å². The first-order valence-corrected chi connectivity index (χ1v) is 6.29. The largest absolute Gasteiger partial charge is 0.323 e. The lowest BCUT2D eigenvalue weighted by Gasteiger charge is -2.20. The quantitative estimate of drug-likeness (QED) is 0.835. The molecule has 2 nitrogen and oxygen atoms in total. The molecule has 3 heteroatoms. The number of hydrogen-bond acceptors (Lipinski definition) is 1. The van der Waals surface area contributed by atoms with E-state index < -0.39 is 0 Å². The average molecular weight is 233 g/mol. The molecule has 1 amide bonds. The smallest absolute Gasteiger partial charge is 0.227 e. The Kier molecular flexibility index (Phi) is 2.61. The van der Waals surface area contributed by atoms with Gasteiger partial charge in [-0.3, -0.25) is 4.79 Å². The maximum Gasteiger partial charge on any atom is 0.227 e. The van der Waals surface area contributed by atoms with Gasteiger partial charge in [-0.2, -0.15) is 0 Å². The summed E-state index contributed by atoms with van der Waals surface area (Å²) in [6, 6.07) is 6.35. The van der Waals surface area contributed by atoms with Crippen LogP contribution >= 0.6 is 0 Å². The van der Waals surface area contributed by atoms with E-state index in [9.17, 15) is 9.18 Å². The van der Waals surface area contributed by atoms with Crippen LogP contribution in [0.2, 0.25) is 0 Å². The van der Waals surface area contributed by atoms with Crippen LogP contribution in [0.5, 0.6) is 0 Å². The second-order valence-corrected chi connectivity index (χ2v) is 5.25. The van der Waals surface area contributed by atoms with Crippen LogP contribution in [0.4, 0.5) is 10.1 Å². The molecule has 2 bridgehead atoms. The minimum absolute atomic E-state index is 0.00213. The number of rotatable bonds is 2. The molecule has 2 fully saturated rings. The first-order valence-electron chi connectivity index (χ1n) is 6.29. The number of benzene rings is 1. The van der Waals surface area contributed by atoms with E-state index >= 15 is 0 Å². The van der Waals surface area contributed by atoms with Gasteiger partial charge in [0.05, 0.1) is 5.69 Å². The third-order valence-electron chi connectivity index (χ3n) is 4.21. The lowest BCUT2D eigenvalue weighted by molar-refractivity contribution is -0.121. The van der Waals surface area contributed by atoms with Gasteiger partial charge in [-0.05, 0) is 43.2 Å². The number of carbonyl (C=O) groups excluding carboxylic acids is 1. The first kappa shape index (κ1) is 10.8. The molecule has 1 aromatic carbocycles. The highest BCUT2D eigenvalue weighted by Gasteiger charge is 2.43. The topological polar surface area (TPSA) is 29.1 Å². The van der Waals surface area contributed by atoms with Crippen molar-refractivity contribution in [2.45, 2.75) is 25.7 Å². The maximum absolute atomic E-state index is 13.4. The summed E-state index contributed by atoms with van der Waals surface area (Å²) in [5.41, 5.74) is 0.306. The Morgan fingerprint density at radius 3 is 2.71 bits per heavy atom. The number of anilines is 1. The van der Waals surface area contributed by atoms with Gasteiger partial charge in [0, 0.05) is 5.92 Å². The number of halogens is 1. The fraction of sp³-hybridized carbons (Fsp3) is 0.500. The molecule has 1 aromatic rings. The molecule has 0 heterocycles. The van der Waals surface area contributed by atoms with Crippen molar-refractivity contribution in [2.75, 3.05) is 5.32 Å². The predicted octanol–water partition coefficient (Wildman–Crippen LogP) is 3.20. The van der Waals surface area contributed by atoms with Crippen LogP contribution in [0.1, 0.15) is 25.7 Å². The van der Waals surface area contributed by atoms with E-state index in [0.29, 0.717) is 11.6 Å². The summed E-state index contributed by atoms with van der Waals surface area (Å²) in [4.78, 5) is 12.1. The predicted molar refractivity (Wildman–Crippen MR) is 64.0 cm³/mol. The van der Waals surface area contributed by atoms with E-state index in [1.807, 2.05) is 0 Å². The molecule has 0 spiro atoms. The van der Waals surface area contributed by atoms with E-state index in [4.69, 9.17) is 0 Å². The van der Waals surface area contributed by atoms with Crippen LogP contribution in [0.15, 0.2) is 24.3 Å². The molecule has 0 aromatic heterocycles. The van der Waals surface area contributed by atoms with E-state index in [1.54, 1.807) is 18.2 Å². The normalized spacial score (nSPS) is 30.5. The number of amides is 1. The molecule has 0 aliphatic heterocycles. The zero-order valence-electron chi connectivity index (χ0n) is 9.66. The molecular formula is C14H16FNO. The monoisotopic (exact) mass is 233 g/mol. The average Bonchev–Trinajstić information content (AvgIpc) is 2.94. The van der Waals surface area contributed by atoms with Gasteiger partial charge in [0.2, 0.25) is 5.91 Å². The zero-order chi connectivity index (χ0) is 11.8. The fourth-order valence-electron chi connectivity index (χ4n) is 3.35. The number of fused-ring (bicyclic) bond motifs is 2. The Balaban J connectivity index is 1.70. The molecule has 1 N–H and O–H groups in total. The molecule has 0 radical (unpaired) electrons. The van der Waals surface area contributed by atoms with Gasteiger partial charge in [0.25, 0.3) is 0 Å². The van der Waals surface area contributed by atoms with Crippen LogP contribution < -0.4 is 5.32 Å². The van der Waals surface area contributed by atoms with Crippen LogP contribution in [0.25, 0.3) is 0 Å². The fourth-order valence-corrected chi connectivity index (χ4v) is 3.35. The molecular weight excluding hydrogens is 217 g/mol. The second-order valence-electron chi connectivity index (χ2n) is 5.25. The molecule has 3 unspecified atom stereocenters. The van der Waals surface area contributed by atoms with Crippen molar-refractivity contribution < 1.29 is 9.18 Å². The van der Waals surface area contributed by atoms with E-state index in [2.05, 4.69) is 5.32 Å². The van der Waals surface area contributed by atoms with Crippen molar-refractivity contribution in [1.82, 2.24) is 0 Å². The van der Waals surface area contributed by atoms with Crippen LogP contribution in [0.3, 0.4) is 0 Å². The minimum atomic E-state index is -0.357. The van der Waals surface area contributed by atoms with Crippen molar-refractivity contribution in [2.24, 2.45) is 17.8 Å². The summed E-state index contributed by atoms with van der Waals surface area (Å²) in [6.07, 6.45) is 4.62. The van der Waals surface area contributed by atoms with E-state index in [1.165, 1.54) is 25.3 Å². The third-order valence-corrected chi connectivity index (χ3v) is 4.21. The Morgan fingerprint density at radius 1 is 1.24 bits per heavy atom. The van der Waals surface area contributed by atoms with Gasteiger partial charge in [-0.25, -0.2) is 4.39 Å². The van der Waals surface area contributed by atoms with Gasteiger partial charge in [-0.15, -0.1) is 0 Å². The maximum atomic E-state index is 13.4. The summed E-state index contributed by atoms with van der Waals surface area (Å²) in [7, 11) is 0. The van der Waals surface area contributed by atoms with Crippen molar-refractivity contribution in [1.29, 1.82) is 0 Å². The van der Waals surface area contributed by atoms with Crippen LogP contribution in [0, 0.1) is 23.6 Å². The number of nitrogens with one attached hydrogen (secondary N) is 1. The lowest BCUT2D eigenvalue weighted by atomic mass is 9.88. The number of para-hydroxylation sites is 1. The van der Waals surface area contributed by atoms with Crippen molar-refractivity contribution in [3.63, 3.8) is 0 Å². The van der Waals surface area contributed by atoms with Gasteiger partial charge in [0.15, 0.2) is 0 Å². The SMILES string of the molecule is O=C(Nc1ccccc1F)C1CC2CCC1C2. The third kappa shape index (κ3) is 1.94. The van der Waals surface area contributed by atoms with E-state index in [-0.39, 0.29) is 17.6 Å². The highest BCUT2D eigenvalue weighted by molar-refractivity contribution is 5.93. The highest BCUT2D eigenvalue weighted by atomic mass is 19.1. The minimum Gasteiger partial charge on any atom is -0.323 e. The van der Waals surface area contributed by atoms with Crippen LogP contribution in [-0.4, -0.2) is 5.91 Å². The summed E-state index contributed by atoms with van der Waals surface area (Å²) in [5.74, 6) is 1.02. The zero-order valence-corrected chi connectivity index (χ0v) is 9.66. The Hall–Kier alpha value is -1.38. The molecule has 2 aliphatic rings. The summed E-state index contributed by atoms with van der Waals surface area (Å²) in [6.45, 7) is 0. The van der Waals surface area contributed by atoms with Crippen LogP contribution in [-0.2, 0) is 4.79 Å². The molecule has 90 valence electrons. The first-order chi connectivity index (χ1) is 8.24. The molecule has 17 heavy (non-hydrogen) atoms. The Bertz CT molecular complexity index is 446. The molecule has 3 atom stereocenters. The number of carbonyl (C=O) groups is 1. The van der Waals surface area contributed by atoms with Gasteiger partial charge in [0.1, 0.15) is 5.82 Å². The van der Waals surface area contributed by atoms with Crippen molar-refractivity contribution in [3.8, 4) is 0 Å². The van der Waals surface area contributed by atoms with Gasteiger partial charge >= 0.3 is 0 Å².